The second-order valence-electron chi connectivity index (χ2n) is 11.2. The van der Waals surface area contributed by atoms with Gasteiger partial charge in [-0.1, -0.05) is 94.8 Å². The number of hydrogen-bond acceptors (Lipinski definition) is 0. The van der Waals surface area contributed by atoms with Crippen LogP contribution in [0.5, 0.6) is 0 Å². The molecule has 0 nitrogen and oxygen atoms in total. The summed E-state index contributed by atoms with van der Waals surface area (Å²) in [4.78, 5) is 0. The van der Waals surface area contributed by atoms with Crippen molar-refractivity contribution in [1.82, 2.24) is 0 Å². The van der Waals surface area contributed by atoms with E-state index in [1.807, 2.05) is 0 Å². The third-order valence-electron chi connectivity index (χ3n) is 9.92. The van der Waals surface area contributed by atoms with Crippen molar-refractivity contribution in [3.05, 3.63) is 35.9 Å². The van der Waals surface area contributed by atoms with Gasteiger partial charge in [-0.15, -0.1) is 0 Å². The van der Waals surface area contributed by atoms with Crippen LogP contribution in [-0.2, 0) is 0 Å². The van der Waals surface area contributed by atoms with Gasteiger partial charge in [0.2, 0.25) is 0 Å². The fraction of sp³-hybridized carbons (Fsp3) is 0.769. The SMILES string of the molecule is C[Si](C)(C1CCC2CCCCC21)C1CCC2CC(c3ccccc3)CCC21. The number of hydrogen-bond donors (Lipinski definition) is 0. The Morgan fingerprint density at radius 3 is 2.11 bits per heavy atom. The molecule has 0 aromatic heterocycles. The molecule has 0 N–H and O–H groups in total. The Morgan fingerprint density at radius 2 is 1.33 bits per heavy atom. The maximum Gasteiger partial charge on any atom is 0.0541 e. The molecule has 4 fully saturated rings. The van der Waals surface area contributed by atoms with Crippen molar-refractivity contribution in [3.63, 3.8) is 0 Å². The average Bonchev–Trinajstić information content (AvgIpc) is 3.33. The summed E-state index contributed by atoms with van der Waals surface area (Å²) in [6.07, 6.45) is 17.0. The van der Waals surface area contributed by atoms with Crippen LogP contribution in [0, 0.1) is 23.7 Å². The predicted octanol–water partition coefficient (Wildman–Crippen LogP) is 8.03. The Balaban J connectivity index is 1.29. The van der Waals surface area contributed by atoms with E-state index in [1.54, 1.807) is 44.1 Å². The molecule has 4 saturated carbocycles. The van der Waals surface area contributed by atoms with E-state index < -0.39 is 8.07 Å². The standard InChI is InChI=1S/C26H40Si/c1-27(2,25-16-13-20-10-6-7-11-23(20)25)26-17-14-22-18-21(12-15-24(22)26)19-8-4-3-5-9-19/h3-5,8-9,20-26H,6-7,10-18H2,1-2H3. The molecule has 1 aromatic rings. The maximum atomic E-state index is 2.84. The first-order valence-electron chi connectivity index (χ1n) is 12.2. The molecule has 5 rings (SSSR count). The van der Waals surface area contributed by atoms with Gasteiger partial charge in [0.1, 0.15) is 0 Å². The second kappa shape index (κ2) is 7.36. The van der Waals surface area contributed by atoms with Crippen LogP contribution in [0.3, 0.4) is 0 Å². The van der Waals surface area contributed by atoms with Gasteiger partial charge < -0.3 is 0 Å². The fourth-order valence-electron chi connectivity index (χ4n) is 8.64. The number of rotatable bonds is 3. The molecule has 1 aromatic carbocycles. The van der Waals surface area contributed by atoms with E-state index in [0.717, 1.165) is 35.1 Å². The minimum absolute atomic E-state index is 0.852. The first kappa shape index (κ1) is 18.5. The summed E-state index contributed by atoms with van der Waals surface area (Å²) in [5.41, 5.74) is 3.93. The van der Waals surface area contributed by atoms with E-state index in [1.165, 1.54) is 37.6 Å². The molecule has 0 amide bonds. The van der Waals surface area contributed by atoms with Gasteiger partial charge in [-0.05, 0) is 65.5 Å². The third kappa shape index (κ3) is 3.26. The molecule has 27 heavy (non-hydrogen) atoms. The van der Waals surface area contributed by atoms with Crippen molar-refractivity contribution in [2.75, 3.05) is 0 Å². The monoisotopic (exact) mass is 380 g/mol. The summed E-state index contributed by atoms with van der Waals surface area (Å²) >= 11 is 0. The van der Waals surface area contributed by atoms with E-state index >= 15 is 0 Å². The van der Waals surface area contributed by atoms with Gasteiger partial charge in [-0.2, -0.15) is 0 Å². The lowest BCUT2D eigenvalue weighted by atomic mass is 9.73. The molecule has 4 aliphatic rings. The van der Waals surface area contributed by atoms with E-state index in [9.17, 15) is 0 Å². The summed E-state index contributed by atoms with van der Waals surface area (Å²) in [5, 5.41) is 0. The second-order valence-corrected chi connectivity index (χ2v) is 16.4. The first-order chi connectivity index (χ1) is 13.1. The van der Waals surface area contributed by atoms with Crippen LogP contribution in [0.2, 0.25) is 24.2 Å². The highest BCUT2D eigenvalue weighted by atomic mass is 28.3. The highest BCUT2D eigenvalue weighted by molar-refractivity contribution is 6.80. The van der Waals surface area contributed by atoms with Crippen molar-refractivity contribution in [1.29, 1.82) is 0 Å². The van der Waals surface area contributed by atoms with Gasteiger partial charge >= 0.3 is 0 Å². The molecular weight excluding hydrogens is 340 g/mol. The minimum Gasteiger partial charge on any atom is -0.0689 e. The molecule has 0 spiro atoms. The number of fused-ring (bicyclic) bond motifs is 2. The molecule has 0 saturated heterocycles. The van der Waals surface area contributed by atoms with E-state index in [4.69, 9.17) is 0 Å². The van der Waals surface area contributed by atoms with Crippen LogP contribution in [-0.4, -0.2) is 8.07 Å². The van der Waals surface area contributed by atoms with Crippen molar-refractivity contribution in [2.45, 2.75) is 101 Å². The highest BCUT2D eigenvalue weighted by Gasteiger charge is 2.53. The van der Waals surface area contributed by atoms with Crippen LogP contribution in [0.15, 0.2) is 30.3 Å². The lowest BCUT2D eigenvalue weighted by molar-refractivity contribution is 0.244. The van der Waals surface area contributed by atoms with E-state index in [0.29, 0.717) is 0 Å². The summed E-state index contributed by atoms with van der Waals surface area (Å²) in [6, 6.07) is 11.4. The number of benzene rings is 1. The van der Waals surface area contributed by atoms with Gasteiger partial charge in [0, 0.05) is 0 Å². The zero-order valence-electron chi connectivity index (χ0n) is 17.7. The molecule has 0 heterocycles. The van der Waals surface area contributed by atoms with Gasteiger partial charge in [-0.3, -0.25) is 0 Å². The fourth-order valence-corrected chi connectivity index (χ4v) is 14.1. The highest BCUT2D eigenvalue weighted by Crippen LogP contribution is 2.62. The third-order valence-corrected chi connectivity index (χ3v) is 15.2. The Bertz CT molecular complexity index is 635. The summed E-state index contributed by atoms with van der Waals surface area (Å²) in [5.74, 6) is 5.26. The van der Waals surface area contributed by atoms with Crippen LogP contribution in [0.25, 0.3) is 0 Å². The smallest absolute Gasteiger partial charge is 0.0541 e. The summed E-state index contributed by atoms with van der Waals surface area (Å²) in [7, 11) is -1.15. The molecule has 0 aliphatic heterocycles. The largest absolute Gasteiger partial charge is 0.0689 e. The zero-order chi connectivity index (χ0) is 18.4. The lowest BCUT2D eigenvalue weighted by Gasteiger charge is -2.45. The van der Waals surface area contributed by atoms with Crippen molar-refractivity contribution < 1.29 is 0 Å². The normalized spacial score (nSPS) is 41.9. The van der Waals surface area contributed by atoms with Crippen molar-refractivity contribution in [3.8, 4) is 0 Å². The van der Waals surface area contributed by atoms with Gasteiger partial charge in [0.05, 0.1) is 8.07 Å². The lowest BCUT2D eigenvalue weighted by Crippen LogP contribution is -2.43. The van der Waals surface area contributed by atoms with Crippen LogP contribution < -0.4 is 0 Å². The summed E-state index contributed by atoms with van der Waals surface area (Å²) in [6.45, 7) is 5.68. The zero-order valence-corrected chi connectivity index (χ0v) is 18.7. The Kier molecular flexibility index (Phi) is 5.03. The van der Waals surface area contributed by atoms with E-state index in [-0.39, 0.29) is 0 Å². The van der Waals surface area contributed by atoms with E-state index in [2.05, 4.69) is 43.4 Å². The molecule has 7 atom stereocenters. The molecule has 4 aliphatic carbocycles. The predicted molar refractivity (Wildman–Crippen MR) is 119 cm³/mol. The molecular formula is C26H40Si. The topological polar surface area (TPSA) is 0 Å². The van der Waals surface area contributed by atoms with Crippen molar-refractivity contribution >= 4 is 8.07 Å². The van der Waals surface area contributed by atoms with Crippen LogP contribution >= 0.6 is 0 Å². The molecule has 148 valence electrons. The summed E-state index contributed by atoms with van der Waals surface area (Å²) < 4.78 is 0. The molecule has 7 unspecified atom stereocenters. The quantitative estimate of drug-likeness (QED) is 0.465. The Hall–Kier alpha value is -0.563. The van der Waals surface area contributed by atoms with Crippen molar-refractivity contribution in [2.24, 2.45) is 23.7 Å². The minimum atomic E-state index is -1.15. The molecule has 0 radical (unpaired) electrons. The Morgan fingerprint density at radius 1 is 0.667 bits per heavy atom. The van der Waals surface area contributed by atoms with Gasteiger partial charge in [0.15, 0.2) is 0 Å². The molecule has 0 bridgehead atoms. The Labute approximate surface area is 168 Å². The van der Waals surface area contributed by atoms with Crippen LogP contribution in [0.1, 0.15) is 82.1 Å². The average molecular weight is 381 g/mol. The molecule has 1 heteroatoms. The first-order valence-corrected chi connectivity index (χ1v) is 15.3. The maximum absolute atomic E-state index is 2.84. The van der Waals surface area contributed by atoms with Gasteiger partial charge in [0.25, 0.3) is 0 Å². The van der Waals surface area contributed by atoms with Gasteiger partial charge in [-0.25, -0.2) is 0 Å². The van der Waals surface area contributed by atoms with Crippen LogP contribution in [0.4, 0.5) is 0 Å².